The average Bonchev–Trinajstić information content (AvgIpc) is 2.48. The van der Waals surface area contributed by atoms with Gasteiger partial charge in [-0.25, -0.2) is 0 Å². The summed E-state index contributed by atoms with van der Waals surface area (Å²) in [5.74, 6) is 0. The van der Waals surface area contributed by atoms with Crippen LogP contribution in [0, 0.1) is 0 Å². The Balaban J connectivity index is 0.000000791. The number of allylic oxidation sites excluding steroid dienone is 1. The zero-order valence-electron chi connectivity index (χ0n) is 9.83. The highest BCUT2D eigenvalue weighted by molar-refractivity contribution is 5.62. The van der Waals surface area contributed by atoms with Crippen LogP contribution in [0.1, 0.15) is 39.0 Å². The van der Waals surface area contributed by atoms with Gasteiger partial charge in [-0.1, -0.05) is 32.1 Å². The first-order valence-electron chi connectivity index (χ1n) is 4.94. The Morgan fingerprint density at radius 2 is 2.00 bits per heavy atom. The Bertz CT molecular complexity index is 315. The molecule has 0 aliphatic carbocycles. The molecule has 78 valence electrons. The smallest absolute Gasteiger partial charge is 0.0917 e. The zero-order chi connectivity index (χ0) is 11.1. The average molecular weight is 192 g/mol. The molecular weight excluding hydrogens is 172 g/mol. The van der Waals surface area contributed by atoms with Crippen molar-refractivity contribution in [2.75, 3.05) is 0 Å². The summed E-state index contributed by atoms with van der Waals surface area (Å²) < 4.78 is 1.80. The number of aryl methyl sites for hydroxylation is 1. The van der Waals surface area contributed by atoms with E-state index >= 15 is 0 Å². The van der Waals surface area contributed by atoms with Gasteiger partial charge in [0.2, 0.25) is 0 Å². The van der Waals surface area contributed by atoms with Gasteiger partial charge in [0.1, 0.15) is 0 Å². The predicted molar refractivity (Wildman–Crippen MR) is 64.0 cm³/mol. The number of nitrogens with zero attached hydrogens (tertiary/aromatic N) is 2. The minimum Gasteiger partial charge on any atom is -0.275 e. The van der Waals surface area contributed by atoms with E-state index in [1.165, 1.54) is 5.57 Å². The Morgan fingerprint density at radius 3 is 2.43 bits per heavy atom. The molecule has 0 saturated heterocycles. The molecule has 0 saturated carbocycles. The van der Waals surface area contributed by atoms with Crippen LogP contribution in [0.4, 0.5) is 0 Å². The summed E-state index contributed by atoms with van der Waals surface area (Å²) in [6, 6.07) is 0. The molecule has 0 atom stereocenters. The summed E-state index contributed by atoms with van der Waals surface area (Å²) in [6.45, 7) is 11.8. The van der Waals surface area contributed by atoms with Crippen LogP contribution in [0.15, 0.2) is 18.3 Å². The quantitative estimate of drug-likeness (QED) is 0.701. The molecule has 0 radical (unpaired) electrons. The van der Waals surface area contributed by atoms with Crippen LogP contribution in [-0.2, 0) is 7.05 Å². The highest BCUT2D eigenvalue weighted by Crippen LogP contribution is 2.11. The van der Waals surface area contributed by atoms with E-state index in [0.717, 1.165) is 11.3 Å². The fourth-order valence-corrected chi connectivity index (χ4v) is 1.10. The van der Waals surface area contributed by atoms with E-state index in [2.05, 4.69) is 31.6 Å². The van der Waals surface area contributed by atoms with Crippen LogP contribution >= 0.6 is 0 Å². The lowest BCUT2D eigenvalue weighted by atomic mass is 10.2. The van der Waals surface area contributed by atoms with Gasteiger partial charge in [0.25, 0.3) is 0 Å². The van der Waals surface area contributed by atoms with Gasteiger partial charge in [0.05, 0.1) is 5.69 Å². The number of hydrogen-bond acceptors (Lipinski definition) is 1. The molecule has 0 bridgehead atoms. The third kappa shape index (κ3) is 3.60. The molecule has 0 amide bonds. The Morgan fingerprint density at radius 1 is 1.43 bits per heavy atom. The van der Waals surface area contributed by atoms with E-state index in [0.29, 0.717) is 0 Å². The van der Waals surface area contributed by atoms with Crippen LogP contribution in [-0.4, -0.2) is 9.78 Å². The van der Waals surface area contributed by atoms with Crippen LogP contribution < -0.4 is 0 Å². The van der Waals surface area contributed by atoms with Gasteiger partial charge in [0, 0.05) is 18.8 Å². The number of aromatic nitrogens is 2. The van der Waals surface area contributed by atoms with Crippen molar-refractivity contribution in [3.63, 3.8) is 0 Å². The summed E-state index contributed by atoms with van der Waals surface area (Å²) in [6.07, 6.45) is 5.86. The van der Waals surface area contributed by atoms with Crippen LogP contribution in [0.5, 0.6) is 0 Å². The van der Waals surface area contributed by atoms with Crippen molar-refractivity contribution in [2.24, 2.45) is 7.05 Å². The second-order valence-electron chi connectivity index (χ2n) is 3.07. The molecule has 0 spiro atoms. The minimum atomic E-state index is 0.943. The molecule has 2 nitrogen and oxygen atoms in total. The van der Waals surface area contributed by atoms with Crippen LogP contribution in [0.3, 0.4) is 0 Å². The van der Waals surface area contributed by atoms with Crippen LogP contribution in [0.2, 0.25) is 0 Å². The first-order valence-corrected chi connectivity index (χ1v) is 4.94. The van der Waals surface area contributed by atoms with Crippen molar-refractivity contribution in [3.8, 4) is 0 Å². The molecular formula is C12H20N2. The monoisotopic (exact) mass is 192 g/mol. The molecule has 0 aliphatic heterocycles. The lowest BCUT2D eigenvalue weighted by molar-refractivity contribution is 0.764. The predicted octanol–water partition coefficient (Wildman–Crippen LogP) is 3.51. The van der Waals surface area contributed by atoms with E-state index in [1.807, 2.05) is 27.1 Å². The first kappa shape index (κ1) is 12.7. The fraction of sp³-hybridized carbons (Fsp3) is 0.417. The highest BCUT2D eigenvalue weighted by Gasteiger charge is 1.99. The molecule has 2 heteroatoms. The highest BCUT2D eigenvalue weighted by atomic mass is 15.2. The maximum atomic E-state index is 4.24. The van der Waals surface area contributed by atoms with Crippen molar-refractivity contribution < 1.29 is 0 Å². The van der Waals surface area contributed by atoms with Crippen molar-refractivity contribution >= 4 is 12.2 Å². The summed E-state index contributed by atoms with van der Waals surface area (Å²) >= 11 is 0. The molecule has 1 aromatic rings. The number of hydrogen-bond donors (Lipinski definition) is 0. The van der Waals surface area contributed by atoms with E-state index < -0.39 is 0 Å². The molecule has 1 rings (SSSR count). The lowest BCUT2D eigenvalue weighted by Crippen LogP contribution is -1.86. The topological polar surface area (TPSA) is 17.8 Å². The van der Waals surface area contributed by atoms with Crippen molar-refractivity contribution in [1.29, 1.82) is 0 Å². The van der Waals surface area contributed by atoms with Crippen LogP contribution in [0.25, 0.3) is 12.2 Å². The molecule has 1 heterocycles. The SMILES string of the molecule is C=Cc1nn(C)cc1C=C(C)C.CC. The van der Waals surface area contributed by atoms with Crippen molar-refractivity contribution in [1.82, 2.24) is 9.78 Å². The minimum absolute atomic E-state index is 0.943. The standard InChI is InChI=1S/C10H14N2.C2H6/c1-5-10-9(6-8(2)3)7-12(4)11-10;1-2/h5-7H,1H2,2-4H3;1-2H3. The zero-order valence-corrected chi connectivity index (χ0v) is 9.83. The van der Waals surface area contributed by atoms with Gasteiger partial charge in [-0.2, -0.15) is 5.10 Å². The van der Waals surface area contributed by atoms with Gasteiger partial charge in [-0.05, 0) is 19.9 Å². The summed E-state index contributed by atoms with van der Waals surface area (Å²) in [5.41, 5.74) is 3.34. The van der Waals surface area contributed by atoms with Crippen molar-refractivity contribution in [3.05, 3.63) is 29.6 Å². The van der Waals surface area contributed by atoms with Crippen molar-refractivity contribution in [2.45, 2.75) is 27.7 Å². The van der Waals surface area contributed by atoms with Gasteiger partial charge in [0.15, 0.2) is 0 Å². The molecule has 0 N–H and O–H groups in total. The molecule has 14 heavy (non-hydrogen) atoms. The van der Waals surface area contributed by atoms with E-state index in [1.54, 1.807) is 10.8 Å². The summed E-state index contributed by atoms with van der Waals surface area (Å²) in [4.78, 5) is 0. The first-order chi connectivity index (χ1) is 6.63. The van der Waals surface area contributed by atoms with Gasteiger partial charge in [-0.3, -0.25) is 4.68 Å². The molecule has 0 aliphatic rings. The maximum absolute atomic E-state index is 4.24. The Hall–Kier alpha value is -1.31. The second kappa shape index (κ2) is 6.19. The van der Waals surface area contributed by atoms with E-state index in [4.69, 9.17) is 0 Å². The van der Waals surface area contributed by atoms with E-state index in [-0.39, 0.29) is 0 Å². The second-order valence-corrected chi connectivity index (χ2v) is 3.07. The molecule has 0 fully saturated rings. The van der Waals surface area contributed by atoms with E-state index in [9.17, 15) is 0 Å². The lowest BCUT2D eigenvalue weighted by Gasteiger charge is -1.89. The summed E-state index contributed by atoms with van der Waals surface area (Å²) in [5, 5.41) is 4.24. The normalized spacial score (nSPS) is 8.64. The Labute approximate surface area is 86.9 Å². The number of rotatable bonds is 2. The summed E-state index contributed by atoms with van der Waals surface area (Å²) in [7, 11) is 1.91. The largest absolute Gasteiger partial charge is 0.275 e. The third-order valence-corrected chi connectivity index (χ3v) is 1.52. The molecule has 0 aromatic carbocycles. The Kier molecular flexibility index (Phi) is 5.61. The molecule has 1 aromatic heterocycles. The maximum Gasteiger partial charge on any atom is 0.0917 e. The van der Waals surface area contributed by atoms with Gasteiger partial charge >= 0.3 is 0 Å². The van der Waals surface area contributed by atoms with Gasteiger partial charge < -0.3 is 0 Å². The third-order valence-electron chi connectivity index (χ3n) is 1.52. The fourth-order valence-electron chi connectivity index (χ4n) is 1.10. The van der Waals surface area contributed by atoms with Gasteiger partial charge in [-0.15, -0.1) is 0 Å². The molecule has 0 unspecified atom stereocenters.